The van der Waals surface area contributed by atoms with Crippen LogP contribution in [0.5, 0.6) is 0 Å². The van der Waals surface area contributed by atoms with Crippen molar-refractivity contribution >= 4 is 11.8 Å². The molecule has 88 valence electrons. The van der Waals surface area contributed by atoms with E-state index in [0.29, 0.717) is 11.7 Å². The van der Waals surface area contributed by atoms with Crippen LogP contribution < -0.4 is 16.2 Å². The van der Waals surface area contributed by atoms with E-state index in [4.69, 9.17) is 5.84 Å². The van der Waals surface area contributed by atoms with Gasteiger partial charge in [-0.3, -0.25) is 5.43 Å². The van der Waals surface area contributed by atoms with Crippen molar-refractivity contribution in [2.75, 3.05) is 17.4 Å². The number of hydrogen-bond acceptors (Lipinski definition) is 5. The molecule has 1 aromatic rings. The Morgan fingerprint density at radius 3 is 2.88 bits per heavy atom. The number of nitrogen functional groups attached to an aromatic ring is 1. The maximum absolute atomic E-state index is 13.6. The van der Waals surface area contributed by atoms with Crippen molar-refractivity contribution < 1.29 is 4.39 Å². The SMILES string of the molecule is CC(C1CC1)N(C)c1nc(NN)ncc1F. The molecule has 1 unspecified atom stereocenters. The predicted octanol–water partition coefficient (Wildman–Crippen LogP) is 1.14. The smallest absolute Gasteiger partial charge is 0.239 e. The molecule has 5 nitrogen and oxygen atoms in total. The van der Waals surface area contributed by atoms with Gasteiger partial charge in [0, 0.05) is 13.1 Å². The van der Waals surface area contributed by atoms with Crippen LogP contribution >= 0.6 is 0 Å². The minimum Gasteiger partial charge on any atom is -0.354 e. The summed E-state index contributed by atoms with van der Waals surface area (Å²) >= 11 is 0. The van der Waals surface area contributed by atoms with Gasteiger partial charge in [0.25, 0.3) is 0 Å². The molecule has 1 heterocycles. The number of aromatic nitrogens is 2. The molecule has 0 radical (unpaired) electrons. The number of halogens is 1. The largest absolute Gasteiger partial charge is 0.354 e. The molecule has 1 aliphatic carbocycles. The highest BCUT2D eigenvalue weighted by molar-refractivity contribution is 5.44. The molecule has 1 atom stereocenters. The van der Waals surface area contributed by atoms with Gasteiger partial charge < -0.3 is 4.90 Å². The number of nitrogens with two attached hydrogens (primary N) is 1. The van der Waals surface area contributed by atoms with Gasteiger partial charge in [0.05, 0.1) is 6.20 Å². The summed E-state index contributed by atoms with van der Waals surface area (Å²) < 4.78 is 13.6. The molecule has 0 aromatic carbocycles. The summed E-state index contributed by atoms with van der Waals surface area (Å²) in [7, 11) is 1.84. The fraction of sp³-hybridized carbons (Fsp3) is 0.600. The zero-order valence-electron chi connectivity index (χ0n) is 9.44. The third kappa shape index (κ3) is 2.06. The summed E-state index contributed by atoms with van der Waals surface area (Å²) in [6.45, 7) is 2.08. The lowest BCUT2D eigenvalue weighted by Gasteiger charge is -2.26. The molecule has 16 heavy (non-hydrogen) atoms. The monoisotopic (exact) mass is 225 g/mol. The normalized spacial score (nSPS) is 17.0. The first-order valence-corrected chi connectivity index (χ1v) is 5.35. The van der Waals surface area contributed by atoms with Crippen molar-refractivity contribution in [2.45, 2.75) is 25.8 Å². The van der Waals surface area contributed by atoms with E-state index in [-0.39, 0.29) is 12.0 Å². The van der Waals surface area contributed by atoms with E-state index in [1.807, 2.05) is 11.9 Å². The van der Waals surface area contributed by atoms with Crippen LogP contribution in [0.2, 0.25) is 0 Å². The van der Waals surface area contributed by atoms with Gasteiger partial charge in [0.15, 0.2) is 11.6 Å². The van der Waals surface area contributed by atoms with Crippen molar-refractivity contribution in [3.8, 4) is 0 Å². The number of rotatable bonds is 4. The second kappa shape index (κ2) is 4.21. The molecule has 0 bridgehead atoms. The van der Waals surface area contributed by atoms with Gasteiger partial charge >= 0.3 is 0 Å². The van der Waals surface area contributed by atoms with Gasteiger partial charge in [-0.05, 0) is 25.7 Å². The lowest BCUT2D eigenvalue weighted by molar-refractivity contribution is 0.564. The van der Waals surface area contributed by atoms with E-state index in [0.717, 1.165) is 6.20 Å². The van der Waals surface area contributed by atoms with Crippen LogP contribution in [0.25, 0.3) is 0 Å². The average Bonchev–Trinajstić information content (AvgIpc) is 3.12. The van der Waals surface area contributed by atoms with Crippen LogP contribution in [0, 0.1) is 11.7 Å². The molecule has 0 saturated heterocycles. The summed E-state index contributed by atoms with van der Waals surface area (Å²) in [6, 6.07) is 0.287. The Bertz CT molecular complexity index is 379. The molecule has 1 aliphatic rings. The Balaban J connectivity index is 2.23. The molecular formula is C10H16FN5. The molecule has 6 heteroatoms. The summed E-state index contributed by atoms with van der Waals surface area (Å²) in [6.07, 6.45) is 3.55. The molecule has 3 N–H and O–H groups in total. The molecule has 1 aromatic heterocycles. The topological polar surface area (TPSA) is 67.1 Å². The number of nitrogens with zero attached hydrogens (tertiary/aromatic N) is 3. The third-order valence-electron chi connectivity index (χ3n) is 3.10. The Morgan fingerprint density at radius 2 is 2.31 bits per heavy atom. The fourth-order valence-electron chi connectivity index (χ4n) is 1.76. The molecule has 0 spiro atoms. The van der Waals surface area contributed by atoms with Crippen LogP contribution in [-0.2, 0) is 0 Å². The van der Waals surface area contributed by atoms with Crippen LogP contribution in [0.1, 0.15) is 19.8 Å². The maximum Gasteiger partial charge on any atom is 0.239 e. The number of anilines is 2. The van der Waals surface area contributed by atoms with Gasteiger partial charge in [-0.1, -0.05) is 0 Å². The zero-order chi connectivity index (χ0) is 11.7. The van der Waals surface area contributed by atoms with Crippen molar-refractivity contribution in [1.29, 1.82) is 0 Å². The zero-order valence-corrected chi connectivity index (χ0v) is 9.44. The van der Waals surface area contributed by atoms with Gasteiger partial charge in [0.2, 0.25) is 5.95 Å². The number of nitrogens with one attached hydrogen (secondary N) is 1. The van der Waals surface area contributed by atoms with Crippen LogP contribution in [-0.4, -0.2) is 23.1 Å². The summed E-state index contributed by atoms with van der Waals surface area (Å²) in [5.41, 5.74) is 2.32. The van der Waals surface area contributed by atoms with E-state index in [1.165, 1.54) is 12.8 Å². The van der Waals surface area contributed by atoms with E-state index in [2.05, 4.69) is 22.3 Å². The lowest BCUT2D eigenvalue weighted by Crippen LogP contribution is -2.32. The Morgan fingerprint density at radius 1 is 1.62 bits per heavy atom. The van der Waals surface area contributed by atoms with Crippen molar-refractivity contribution in [3.63, 3.8) is 0 Å². The Labute approximate surface area is 93.8 Å². The minimum atomic E-state index is -0.422. The van der Waals surface area contributed by atoms with Gasteiger partial charge in [-0.25, -0.2) is 15.2 Å². The molecule has 1 fully saturated rings. The molecule has 0 amide bonds. The fourth-order valence-corrected chi connectivity index (χ4v) is 1.76. The first kappa shape index (κ1) is 11.1. The lowest BCUT2D eigenvalue weighted by atomic mass is 10.2. The molecule has 0 aliphatic heterocycles. The van der Waals surface area contributed by atoms with E-state index in [1.54, 1.807) is 0 Å². The summed E-state index contributed by atoms with van der Waals surface area (Å²) in [5.74, 6) is 5.95. The quantitative estimate of drug-likeness (QED) is 0.594. The standard InChI is InChI=1S/C10H16FN5/c1-6(7-3-4-7)16(2)9-8(11)5-13-10(14-9)15-12/h5-7H,3-4,12H2,1-2H3,(H,13,14,15). The third-order valence-corrected chi connectivity index (χ3v) is 3.10. The van der Waals surface area contributed by atoms with E-state index < -0.39 is 5.82 Å². The van der Waals surface area contributed by atoms with E-state index >= 15 is 0 Å². The average molecular weight is 225 g/mol. The molecular weight excluding hydrogens is 209 g/mol. The van der Waals surface area contributed by atoms with E-state index in [9.17, 15) is 4.39 Å². The Kier molecular flexibility index (Phi) is 2.91. The highest BCUT2D eigenvalue weighted by Gasteiger charge is 2.32. The highest BCUT2D eigenvalue weighted by Crippen LogP contribution is 2.36. The predicted molar refractivity (Wildman–Crippen MR) is 60.4 cm³/mol. The minimum absolute atomic E-state index is 0.228. The second-order valence-corrected chi connectivity index (χ2v) is 4.20. The van der Waals surface area contributed by atoms with Crippen LogP contribution in [0.4, 0.5) is 16.2 Å². The van der Waals surface area contributed by atoms with Crippen LogP contribution in [0.3, 0.4) is 0 Å². The maximum atomic E-state index is 13.6. The van der Waals surface area contributed by atoms with Crippen LogP contribution in [0.15, 0.2) is 6.20 Å². The molecule has 2 rings (SSSR count). The summed E-state index contributed by atoms with van der Waals surface area (Å²) in [5, 5.41) is 0. The number of hydrazine groups is 1. The van der Waals surface area contributed by atoms with Crippen molar-refractivity contribution in [1.82, 2.24) is 9.97 Å². The first-order valence-electron chi connectivity index (χ1n) is 5.35. The molecule has 1 saturated carbocycles. The van der Waals surface area contributed by atoms with Gasteiger partial charge in [-0.15, -0.1) is 0 Å². The Hall–Kier alpha value is -1.43. The highest BCUT2D eigenvalue weighted by atomic mass is 19.1. The first-order chi connectivity index (χ1) is 7.63. The van der Waals surface area contributed by atoms with Gasteiger partial charge in [0.1, 0.15) is 0 Å². The van der Waals surface area contributed by atoms with Crippen molar-refractivity contribution in [3.05, 3.63) is 12.0 Å². The second-order valence-electron chi connectivity index (χ2n) is 4.20. The summed E-state index contributed by atoms with van der Waals surface area (Å²) in [4.78, 5) is 9.58. The van der Waals surface area contributed by atoms with Crippen molar-refractivity contribution in [2.24, 2.45) is 11.8 Å². The van der Waals surface area contributed by atoms with Gasteiger partial charge in [-0.2, -0.15) is 4.98 Å². The number of hydrogen-bond donors (Lipinski definition) is 2.